The van der Waals surface area contributed by atoms with Crippen LogP contribution in [0.25, 0.3) is 0 Å². The topological polar surface area (TPSA) is 20.2 Å². The van der Waals surface area contributed by atoms with Crippen LogP contribution in [0.15, 0.2) is 22.9 Å². The Morgan fingerprint density at radius 1 is 1.80 bits per heavy atom. The van der Waals surface area contributed by atoms with Crippen molar-refractivity contribution in [3.05, 3.63) is 35.0 Å². The molecule has 1 rings (SSSR count). The van der Waals surface area contributed by atoms with Crippen LogP contribution in [0.1, 0.15) is 5.56 Å². The van der Waals surface area contributed by atoms with E-state index in [1.54, 1.807) is 11.3 Å². The van der Waals surface area contributed by atoms with Crippen LogP contribution in [0.2, 0.25) is 0 Å². The Morgan fingerprint density at radius 2 is 2.60 bits per heavy atom. The van der Waals surface area contributed by atoms with Crippen LogP contribution in [0.3, 0.4) is 0 Å². The molecule has 0 aliphatic heterocycles. The van der Waals surface area contributed by atoms with E-state index in [1.807, 2.05) is 16.8 Å². The zero-order chi connectivity index (χ0) is 7.40. The first-order valence-corrected chi connectivity index (χ1v) is 4.01. The standard InChI is InChI=1S/C8H9OS/c1-2-8(9)5-7-3-4-10-6-7/h1-4,6,8-9H,5H2. The summed E-state index contributed by atoms with van der Waals surface area (Å²) in [6.45, 7) is 5.12. The summed E-state index contributed by atoms with van der Waals surface area (Å²) in [7, 11) is 0. The van der Waals surface area contributed by atoms with Gasteiger partial charge in [0.1, 0.15) is 0 Å². The summed E-state index contributed by atoms with van der Waals surface area (Å²) < 4.78 is 0. The van der Waals surface area contributed by atoms with E-state index >= 15 is 0 Å². The van der Waals surface area contributed by atoms with Crippen LogP contribution in [0.5, 0.6) is 0 Å². The Kier molecular flexibility index (Phi) is 2.66. The molecule has 53 valence electrons. The summed E-state index contributed by atoms with van der Waals surface area (Å²) in [4.78, 5) is 0. The van der Waals surface area contributed by atoms with Crippen molar-refractivity contribution in [2.45, 2.75) is 12.5 Å². The molecule has 1 nitrogen and oxygen atoms in total. The summed E-state index contributed by atoms with van der Waals surface area (Å²) in [5.74, 6) is 0. The molecule has 0 bridgehead atoms. The summed E-state index contributed by atoms with van der Waals surface area (Å²) in [5.41, 5.74) is 1.14. The second-order valence-corrected chi connectivity index (χ2v) is 2.88. The minimum atomic E-state index is -0.505. The fraction of sp³-hybridized carbons (Fsp3) is 0.250. The lowest BCUT2D eigenvalue weighted by atomic mass is 10.1. The van der Waals surface area contributed by atoms with Gasteiger partial charge in [-0.25, -0.2) is 0 Å². The summed E-state index contributed by atoms with van der Waals surface area (Å²) in [6.07, 6.45) is 1.42. The highest BCUT2D eigenvalue weighted by Crippen LogP contribution is 2.08. The Hall–Kier alpha value is -0.600. The molecule has 0 aliphatic carbocycles. The Bertz CT molecular complexity index is 191. The molecule has 2 heteroatoms. The van der Waals surface area contributed by atoms with Crippen molar-refractivity contribution in [3.8, 4) is 0 Å². The largest absolute Gasteiger partial charge is 0.389 e. The molecule has 0 spiro atoms. The van der Waals surface area contributed by atoms with E-state index in [0.717, 1.165) is 5.56 Å². The quantitative estimate of drug-likeness (QED) is 0.700. The molecule has 0 amide bonds. The predicted molar refractivity (Wildman–Crippen MR) is 42.9 cm³/mol. The van der Waals surface area contributed by atoms with Gasteiger partial charge in [-0.2, -0.15) is 11.3 Å². The lowest BCUT2D eigenvalue weighted by molar-refractivity contribution is 0.224. The van der Waals surface area contributed by atoms with E-state index in [4.69, 9.17) is 11.7 Å². The van der Waals surface area contributed by atoms with Crippen molar-refractivity contribution < 1.29 is 5.11 Å². The lowest BCUT2D eigenvalue weighted by Gasteiger charge is -2.00. The molecule has 10 heavy (non-hydrogen) atoms. The van der Waals surface area contributed by atoms with E-state index in [0.29, 0.717) is 6.42 Å². The van der Waals surface area contributed by atoms with Crippen LogP contribution in [-0.4, -0.2) is 11.2 Å². The monoisotopic (exact) mass is 153 g/mol. The molecule has 1 N–H and O–H groups in total. The van der Waals surface area contributed by atoms with Crippen LogP contribution in [0, 0.1) is 6.58 Å². The van der Waals surface area contributed by atoms with Gasteiger partial charge in [-0.05, 0) is 22.4 Å². The first kappa shape index (κ1) is 7.51. The molecule has 0 fully saturated rings. The number of aliphatic hydroxyl groups is 1. The van der Waals surface area contributed by atoms with Crippen LogP contribution < -0.4 is 0 Å². The molecule has 1 unspecified atom stereocenters. The van der Waals surface area contributed by atoms with Crippen molar-refractivity contribution in [1.29, 1.82) is 0 Å². The Balaban J connectivity index is 2.47. The predicted octanol–water partition coefficient (Wildman–Crippen LogP) is 1.64. The Morgan fingerprint density at radius 3 is 3.10 bits per heavy atom. The van der Waals surface area contributed by atoms with Gasteiger partial charge in [-0.15, -0.1) is 0 Å². The highest BCUT2D eigenvalue weighted by molar-refractivity contribution is 7.07. The van der Waals surface area contributed by atoms with Gasteiger partial charge >= 0.3 is 0 Å². The van der Waals surface area contributed by atoms with Gasteiger partial charge in [0.25, 0.3) is 0 Å². The van der Waals surface area contributed by atoms with Gasteiger partial charge < -0.3 is 5.11 Å². The van der Waals surface area contributed by atoms with Crippen molar-refractivity contribution in [2.24, 2.45) is 0 Å². The van der Waals surface area contributed by atoms with E-state index in [-0.39, 0.29) is 0 Å². The average molecular weight is 153 g/mol. The third-order valence-corrected chi connectivity index (χ3v) is 1.98. The molecule has 1 radical (unpaired) electrons. The minimum Gasteiger partial charge on any atom is -0.389 e. The summed E-state index contributed by atoms with van der Waals surface area (Å²) in [5, 5.41) is 13.0. The van der Waals surface area contributed by atoms with Gasteiger partial charge in [0.15, 0.2) is 0 Å². The van der Waals surface area contributed by atoms with Gasteiger partial charge in [0, 0.05) is 6.42 Å². The fourth-order valence-electron chi connectivity index (χ4n) is 0.718. The van der Waals surface area contributed by atoms with Crippen molar-refractivity contribution in [3.63, 3.8) is 0 Å². The third kappa shape index (κ3) is 1.97. The number of aliphatic hydroxyl groups excluding tert-OH is 1. The fourth-order valence-corrected chi connectivity index (χ4v) is 1.40. The number of hydrogen-bond donors (Lipinski definition) is 1. The number of hydrogen-bond acceptors (Lipinski definition) is 2. The molecule has 0 saturated carbocycles. The van der Waals surface area contributed by atoms with Crippen molar-refractivity contribution >= 4 is 11.3 Å². The summed E-state index contributed by atoms with van der Waals surface area (Å²) >= 11 is 1.63. The van der Waals surface area contributed by atoms with Crippen LogP contribution in [-0.2, 0) is 6.42 Å². The van der Waals surface area contributed by atoms with Gasteiger partial charge in [-0.1, -0.05) is 12.7 Å². The number of rotatable bonds is 3. The van der Waals surface area contributed by atoms with E-state index in [9.17, 15) is 0 Å². The normalized spacial score (nSPS) is 12.9. The van der Waals surface area contributed by atoms with E-state index < -0.39 is 6.10 Å². The smallest absolute Gasteiger partial charge is 0.0764 e. The Labute approximate surface area is 64.6 Å². The molecule has 0 aromatic carbocycles. The SMILES string of the molecule is [CH]=CC(O)Cc1ccsc1. The zero-order valence-electron chi connectivity index (χ0n) is 5.53. The first-order chi connectivity index (χ1) is 4.83. The van der Waals surface area contributed by atoms with Crippen molar-refractivity contribution in [1.82, 2.24) is 0 Å². The van der Waals surface area contributed by atoms with E-state index in [1.165, 1.54) is 6.08 Å². The van der Waals surface area contributed by atoms with Gasteiger partial charge in [0.05, 0.1) is 6.10 Å². The molecule has 0 saturated heterocycles. The van der Waals surface area contributed by atoms with Crippen LogP contribution in [0.4, 0.5) is 0 Å². The van der Waals surface area contributed by atoms with Crippen molar-refractivity contribution in [2.75, 3.05) is 0 Å². The lowest BCUT2D eigenvalue weighted by Crippen LogP contribution is -2.04. The third-order valence-electron chi connectivity index (χ3n) is 1.25. The summed E-state index contributed by atoms with van der Waals surface area (Å²) in [6, 6.07) is 1.98. The molecular formula is C8H9OS. The average Bonchev–Trinajstić information content (AvgIpc) is 2.40. The molecular weight excluding hydrogens is 144 g/mol. The molecule has 1 aromatic rings. The zero-order valence-corrected chi connectivity index (χ0v) is 6.34. The molecule has 0 aliphatic rings. The maximum absolute atomic E-state index is 9.05. The highest BCUT2D eigenvalue weighted by Gasteiger charge is 1.99. The van der Waals surface area contributed by atoms with E-state index in [2.05, 4.69) is 0 Å². The van der Waals surface area contributed by atoms with Crippen LogP contribution >= 0.6 is 11.3 Å². The molecule has 1 atom stereocenters. The first-order valence-electron chi connectivity index (χ1n) is 3.07. The van der Waals surface area contributed by atoms with Gasteiger partial charge in [-0.3, -0.25) is 0 Å². The number of thiophene rings is 1. The maximum atomic E-state index is 9.05. The molecule has 1 heterocycles. The minimum absolute atomic E-state index is 0.505. The molecule has 1 aromatic heterocycles. The maximum Gasteiger partial charge on any atom is 0.0764 e. The second-order valence-electron chi connectivity index (χ2n) is 2.10. The second kappa shape index (κ2) is 3.54. The highest BCUT2D eigenvalue weighted by atomic mass is 32.1. The van der Waals surface area contributed by atoms with Gasteiger partial charge in [0.2, 0.25) is 0 Å².